The van der Waals surface area contributed by atoms with Gasteiger partial charge in [-0.2, -0.15) is 5.26 Å². The van der Waals surface area contributed by atoms with E-state index in [1.165, 1.54) is 6.07 Å². The summed E-state index contributed by atoms with van der Waals surface area (Å²) in [4.78, 5) is 31.1. The van der Waals surface area contributed by atoms with Crippen molar-refractivity contribution < 1.29 is 9.53 Å². The minimum atomic E-state index is -0.491. The normalized spacial score (nSPS) is 10.3. The van der Waals surface area contributed by atoms with Crippen LogP contribution in [0.4, 0.5) is 0 Å². The third-order valence-electron chi connectivity index (χ3n) is 3.71. The lowest BCUT2D eigenvalue weighted by Gasteiger charge is -2.08. The van der Waals surface area contributed by atoms with E-state index in [4.69, 9.17) is 10.00 Å². The number of carbonyl (C=O) groups excluding carboxylic acids is 1. The maximum absolute atomic E-state index is 12.3. The Morgan fingerprint density at radius 1 is 1.31 bits per heavy atom. The van der Waals surface area contributed by atoms with Crippen LogP contribution in [0, 0.1) is 11.3 Å². The van der Waals surface area contributed by atoms with Gasteiger partial charge in [0.2, 0.25) is 0 Å². The average molecular weight is 348 g/mol. The molecule has 0 aliphatic rings. The van der Waals surface area contributed by atoms with Gasteiger partial charge in [0.25, 0.3) is 11.5 Å². The van der Waals surface area contributed by atoms with Gasteiger partial charge in [-0.3, -0.25) is 9.59 Å². The maximum Gasteiger partial charge on any atom is 0.287 e. The summed E-state index contributed by atoms with van der Waals surface area (Å²) in [5.41, 5.74) is 1.12. The number of H-pyrrole nitrogens is 1. The molecule has 0 aliphatic heterocycles. The van der Waals surface area contributed by atoms with Gasteiger partial charge in [0, 0.05) is 6.54 Å². The number of nitriles is 1. The molecule has 26 heavy (non-hydrogen) atoms. The van der Waals surface area contributed by atoms with Crippen LogP contribution in [0.2, 0.25) is 0 Å². The number of nitrogens with one attached hydrogen (secondary N) is 2. The van der Waals surface area contributed by atoms with Gasteiger partial charge >= 0.3 is 0 Å². The molecule has 1 heterocycles. The fraction of sp³-hybridized carbons (Fsp3) is 0.158. The Hall–Kier alpha value is -3.66. The van der Waals surface area contributed by atoms with Crippen LogP contribution in [0.5, 0.6) is 5.75 Å². The van der Waals surface area contributed by atoms with Crippen molar-refractivity contribution >= 4 is 16.8 Å². The van der Waals surface area contributed by atoms with E-state index < -0.39 is 11.5 Å². The highest BCUT2D eigenvalue weighted by Crippen LogP contribution is 2.13. The summed E-state index contributed by atoms with van der Waals surface area (Å²) in [5.74, 6) is 0.160. The Labute approximate surface area is 149 Å². The molecule has 0 saturated carbocycles. The van der Waals surface area contributed by atoms with Gasteiger partial charge in [-0.1, -0.05) is 12.1 Å². The molecule has 3 rings (SSSR count). The number of ether oxygens (including phenoxy) is 1. The predicted octanol–water partition coefficient (Wildman–Crippen LogP) is 2.12. The predicted molar refractivity (Wildman–Crippen MR) is 95.9 cm³/mol. The molecule has 1 aromatic heterocycles. The number of carbonyl (C=O) groups is 1. The number of aromatic nitrogens is 2. The van der Waals surface area contributed by atoms with Crippen molar-refractivity contribution in [2.45, 2.75) is 13.5 Å². The van der Waals surface area contributed by atoms with E-state index in [0.717, 1.165) is 11.3 Å². The number of fused-ring (bicyclic) bond motifs is 1. The smallest absolute Gasteiger partial charge is 0.287 e. The zero-order chi connectivity index (χ0) is 18.5. The Morgan fingerprint density at radius 3 is 2.92 bits per heavy atom. The topological polar surface area (TPSA) is 108 Å². The van der Waals surface area contributed by atoms with Gasteiger partial charge in [0.15, 0.2) is 5.82 Å². The van der Waals surface area contributed by atoms with Crippen molar-refractivity contribution in [1.82, 2.24) is 15.3 Å². The van der Waals surface area contributed by atoms with E-state index in [2.05, 4.69) is 15.3 Å². The molecule has 0 atom stereocenters. The second-order valence-corrected chi connectivity index (χ2v) is 5.52. The van der Waals surface area contributed by atoms with Crippen molar-refractivity contribution in [2.24, 2.45) is 0 Å². The molecule has 130 valence electrons. The summed E-state index contributed by atoms with van der Waals surface area (Å²) >= 11 is 0. The highest BCUT2D eigenvalue weighted by Gasteiger charge is 2.12. The van der Waals surface area contributed by atoms with Crippen LogP contribution in [0.3, 0.4) is 0 Å². The Bertz CT molecular complexity index is 1070. The number of aromatic amines is 1. The molecule has 0 radical (unpaired) electrons. The van der Waals surface area contributed by atoms with Gasteiger partial charge in [-0.05, 0) is 42.8 Å². The molecule has 7 heteroatoms. The zero-order valence-corrected chi connectivity index (χ0v) is 14.1. The Morgan fingerprint density at radius 2 is 2.15 bits per heavy atom. The quantitative estimate of drug-likeness (QED) is 0.734. The molecule has 2 aromatic carbocycles. The standard InChI is InChI=1S/C19H16N4O3/c1-2-26-14-5-3-4-13(8-14)11-21-19(25)17-22-16-7-6-12(10-20)9-15(16)18(24)23-17/h3-9H,2,11H2,1H3,(H,21,25)(H,22,23,24). The first kappa shape index (κ1) is 17.2. The second-order valence-electron chi connectivity index (χ2n) is 5.52. The fourth-order valence-electron chi connectivity index (χ4n) is 2.49. The van der Waals surface area contributed by atoms with E-state index in [9.17, 15) is 9.59 Å². The first-order valence-electron chi connectivity index (χ1n) is 8.05. The first-order chi connectivity index (χ1) is 12.6. The van der Waals surface area contributed by atoms with Crippen LogP contribution in [-0.4, -0.2) is 22.5 Å². The molecular formula is C19H16N4O3. The van der Waals surface area contributed by atoms with Gasteiger partial charge in [-0.25, -0.2) is 4.98 Å². The highest BCUT2D eigenvalue weighted by atomic mass is 16.5. The number of hydrogen-bond donors (Lipinski definition) is 2. The van der Waals surface area contributed by atoms with Crippen molar-refractivity contribution in [3.63, 3.8) is 0 Å². The van der Waals surface area contributed by atoms with Crippen molar-refractivity contribution in [1.29, 1.82) is 5.26 Å². The van der Waals surface area contributed by atoms with Crippen LogP contribution >= 0.6 is 0 Å². The van der Waals surface area contributed by atoms with Crippen LogP contribution in [0.15, 0.2) is 47.3 Å². The molecule has 1 amide bonds. The number of rotatable bonds is 5. The van der Waals surface area contributed by atoms with Crippen LogP contribution < -0.4 is 15.6 Å². The van der Waals surface area contributed by atoms with Gasteiger partial charge < -0.3 is 15.0 Å². The minimum absolute atomic E-state index is 0.0758. The third-order valence-corrected chi connectivity index (χ3v) is 3.71. The molecule has 0 aliphatic carbocycles. The van der Waals surface area contributed by atoms with Gasteiger partial charge in [0.1, 0.15) is 5.75 Å². The van der Waals surface area contributed by atoms with E-state index in [1.54, 1.807) is 12.1 Å². The van der Waals surface area contributed by atoms with Gasteiger partial charge in [0.05, 0.1) is 29.1 Å². The van der Waals surface area contributed by atoms with Crippen LogP contribution in [0.1, 0.15) is 28.7 Å². The maximum atomic E-state index is 12.3. The summed E-state index contributed by atoms with van der Waals surface area (Å²) in [7, 11) is 0. The summed E-state index contributed by atoms with van der Waals surface area (Å²) < 4.78 is 5.43. The van der Waals surface area contributed by atoms with Crippen molar-refractivity contribution in [3.05, 3.63) is 69.8 Å². The molecule has 2 N–H and O–H groups in total. The van der Waals surface area contributed by atoms with Crippen molar-refractivity contribution in [2.75, 3.05) is 6.61 Å². The number of benzene rings is 2. The average Bonchev–Trinajstić information content (AvgIpc) is 2.66. The van der Waals surface area contributed by atoms with Crippen LogP contribution in [-0.2, 0) is 6.54 Å². The number of amides is 1. The van der Waals surface area contributed by atoms with E-state index >= 15 is 0 Å². The number of nitrogens with zero attached hydrogens (tertiary/aromatic N) is 2. The third kappa shape index (κ3) is 3.70. The molecule has 0 fully saturated rings. The van der Waals surface area contributed by atoms with Gasteiger partial charge in [-0.15, -0.1) is 0 Å². The van der Waals surface area contributed by atoms with Crippen LogP contribution in [0.25, 0.3) is 10.9 Å². The van der Waals surface area contributed by atoms with E-state index in [0.29, 0.717) is 17.7 Å². The van der Waals surface area contributed by atoms with E-state index in [1.807, 2.05) is 37.3 Å². The second kappa shape index (κ2) is 7.49. The molecule has 0 saturated heterocycles. The summed E-state index contributed by atoms with van der Waals surface area (Å²) in [5, 5.41) is 11.9. The Kier molecular flexibility index (Phi) is 4.94. The number of hydrogen-bond acceptors (Lipinski definition) is 5. The molecule has 0 unspecified atom stereocenters. The largest absolute Gasteiger partial charge is 0.494 e. The SMILES string of the molecule is CCOc1cccc(CNC(=O)c2nc3ccc(C#N)cc3c(=O)[nH]2)c1. The van der Waals surface area contributed by atoms with E-state index in [-0.39, 0.29) is 17.8 Å². The summed E-state index contributed by atoms with van der Waals surface area (Å²) in [6, 6.07) is 13.9. The molecule has 0 bridgehead atoms. The summed E-state index contributed by atoms with van der Waals surface area (Å²) in [6.45, 7) is 2.73. The molecule has 3 aromatic rings. The fourth-order valence-corrected chi connectivity index (χ4v) is 2.49. The minimum Gasteiger partial charge on any atom is -0.494 e. The zero-order valence-electron chi connectivity index (χ0n) is 14.1. The lowest BCUT2D eigenvalue weighted by molar-refractivity contribution is 0.0940. The monoisotopic (exact) mass is 348 g/mol. The summed E-state index contributed by atoms with van der Waals surface area (Å²) in [6.07, 6.45) is 0. The molecule has 0 spiro atoms. The Balaban J connectivity index is 1.79. The molecular weight excluding hydrogens is 332 g/mol. The lowest BCUT2D eigenvalue weighted by atomic mass is 10.1. The lowest BCUT2D eigenvalue weighted by Crippen LogP contribution is -2.27. The highest BCUT2D eigenvalue weighted by molar-refractivity contribution is 5.92. The van der Waals surface area contributed by atoms with Crippen molar-refractivity contribution in [3.8, 4) is 11.8 Å². The molecule has 7 nitrogen and oxygen atoms in total. The first-order valence-corrected chi connectivity index (χ1v) is 8.05.